The van der Waals surface area contributed by atoms with E-state index in [0.29, 0.717) is 12.0 Å². The number of nitrogens with zero attached hydrogens (tertiary/aromatic N) is 1. The molecule has 0 aliphatic rings. The summed E-state index contributed by atoms with van der Waals surface area (Å²) in [6, 6.07) is 9.95. The van der Waals surface area contributed by atoms with Crippen molar-refractivity contribution in [1.82, 2.24) is 4.72 Å². The topological polar surface area (TPSA) is 70.0 Å². The molecule has 1 unspecified atom stereocenters. The molecule has 0 saturated heterocycles. The van der Waals surface area contributed by atoms with Gasteiger partial charge in [-0.3, -0.25) is 0 Å². The van der Waals surface area contributed by atoms with Gasteiger partial charge in [0.05, 0.1) is 11.8 Å². The van der Waals surface area contributed by atoms with Crippen molar-refractivity contribution in [2.24, 2.45) is 0 Å². The van der Waals surface area contributed by atoms with Gasteiger partial charge in [0.1, 0.15) is 6.04 Å². The third kappa shape index (κ3) is 3.65. The van der Waals surface area contributed by atoms with Crippen molar-refractivity contribution < 1.29 is 8.42 Å². The summed E-state index contributed by atoms with van der Waals surface area (Å²) in [5, 5.41) is 8.93. The quantitative estimate of drug-likeness (QED) is 0.846. The summed E-state index contributed by atoms with van der Waals surface area (Å²) in [7, 11) is -3.36. The number of nitriles is 1. The van der Waals surface area contributed by atoms with Crippen LogP contribution in [-0.2, 0) is 10.0 Å². The smallest absolute Gasteiger partial charge is 0.212 e. The molecule has 1 atom stereocenters. The molecule has 5 heteroatoms. The lowest BCUT2D eigenvalue weighted by molar-refractivity contribution is 0.574. The van der Waals surface area contributed by atoms with Gasteiger partial charge in [-0.1, -0.05) is 37.3 Å². The molecule has 0 radical (unpaired) electrons. The van der Waals surface area contributed by atoms with Crippen LogP contribution in [0.15, 0.2) is 30.3 Å². The molecule has 16 heavy (non-hydrogen) atoms. The lowest BCUT2D eigenvalue weighted by Gasteiger charge is -2.11. The highest BCUT2D eigenvalue weighted by Gasteiger charge is 2.17. The molecular formula is C11H14N2O2S. The fourth-order valence-electron chi connectivity index (χ4n) is 1.32. The van der Waals surface area contributed by atoms with Crippen LogP contribution in [0, 0.1) is 11.3 Å². The minimum Gasteiger partial charge on any atom is -0.212 e. The zero-order valence-corrected chi connectivity index (χ0v) is 9.87. The van der Waals surface area contributed by atoms with Gasteiger partial charge in [0.15, 0.2) is 0 Å². The second-order valence-electron chi connectivity index (χ2n) is 3.41. The van der Waals surface area contributed by atoms with E-state index in [1.807, 2.05) is 12.1 Å². The van der Waals surface area contributed by atoms with Crippen LogP contribution in [0.1, 0.15) is 24.9 Å². The molecule has 0 saturated carbocycles. The van der Waals surface area contributed by atoms with E-state index in [0.717, 1.165) is 0 Å². The van der Waals surface area contributed by atoms with Gasteiger partial charge < -0.3 is 0 Å². The fourth-order valence-corrected chi connectivity index (χ4v) is 2.52. The van der Waals surface area contributed by atoms with Crippen LogP contribution >= 0.6 is 0 Å². The molecule has 0 spiro atoms. The van der Waals surface area contributed by atoms with Crippen LogP contribution in [0.2, 0.25) is 0 Å². The first kappa shape index (κ1) is 12.7. The molecule has 1 rings (SSSR count). The van der Waals surface area contributed by atoms with Crippen LogP contribution in [0.25, 0.3) is 0 Å². The average Bonchev–Trinajstić information content (AvgIpc) is 2.27. The molecule has 86 valence electrons. The highest BCUT2D eigenvalue weighted by Crippen LogP contribution is 2.12. The van der Waals surface area contributed by atoms with Gasteiger partial charge in [0, 0.05) is 0 Å². The SMILES string of the molecule is CCCS(=O)(=O)NC(C#N)c1ccccc1. The van der Waals surface area contributed by atoms with Gasteiger partial charge in [-0.2, -0.15) is 9.98 Å². The van der Waals surface area contributed by atoms with E-state index in [9.17, 15) is 8.42 Å². The average molecular weight is 238 g/mol. The summed E-state index contributed by atoms with van der Waals surface area (Å²) < 4.78 is 25.4. The first-order chi connectivity index (χ1) is 7.59. The third-order valence-corrected chi connectivity index (χ3v) is 3.57. The molecule has 1 aromatic rings. The number of nitrogens with one attached hydrogen (secondary N) is 1. The van der Waals surface area contributed by atoms with E-state index >= 15 is 0 Å². The highest BCUT2D eigenvalue weighted by molar-refractivity contribution is 7.89. The summed E-state index contributed by atoms with van der Waals surface area (Å²) in [4.78, 5) is 0. The first-order valence-corrected chi connectivity index (χ1v) is 6.69. The van der Waals surface area contributed by atoms with Crippen LogP contribution in [0.4, 0.5) is 0 Å². The van der Waals surface area contributed by atoms with Crippen molar-refractivity contribution in [3.05, 3.63) is 35.9 Å². The predicted molar refractivity (Wildman–Crippen MR) is 62.0 cm³/mol. The molecule has 0 aliphatic carbocycles. The van der Waals surface area contributed by atoms with Crippen molar-refractivity contribution in [2.75, 3.05) is 5.75 Å². The van der Waals surface area contributed by atoms with E-state index < -0.39 is 16.1 Å². The molecule has 0 aliphatic heterocycles. The Morgan fingerprint density at radius 3 is 2.50 bits per heavy atom. The van der Waals surface area contributed by atoms with Crippen LogP contribution in [0.5, 0.6) is 0 Å². The van der Waals surface area contributed by atoms with Crippen molar-refractivity contribution in [3.63, 3.8) is 0 Å². The maximum atomic E-state index is 11.5. The number of benzene rings is 1. The van der Waals surface area contributed by atoms with E-state index in [1.165, 1.54) is 0 Å². The summed E-state index contributed by atoms with van der Waals surface area (Å²) in [6.07, 6.45) is 0.530. The number of hydrogen-bond acceptors (Lipinski definition) is 3. The Hall–Kier alpha value is -1.38. The van der Waals surface area contributed by atoms with E-state index in [2.05, 4.69) is 4.72 Å². The van der Waals surface area contributed by atoms with Crippen molar-refractivity contribution in [1.29, 1.82) is 5.26 Å². The Bertz CT molecular complexity index is 463. The van der Waals surface area contributed by atoms with E-state index in [1.54, 1.807) is 31.2 Å². The summed E-state index contributed by atoms with van der Waals surface area (Å²) in [6.45, 7) is 1.78. The molecule has 0 amide bonds. The predicted octanol–water partition coefficient (Wildman–Crippen LogP) is 1.58. The molecule has 4 nitrogen and oxygen atoms in total. The first-order valence-electron chi connectivity index (χ1n) is 5.03. The zero-order chi connectivity index (χ0) is 12.0. The molecule has 0 fully saturated rings. The Balaban J connectivity index is 2.83. The van der Waals surface area contributed by atoms with Gasteiger partial charge in [-0.05, 0) is 12.0 Å². The molecule has 1 N–H and O–H groups in total. The lowest BCUT2D eigenvalue weighted by atomic mass is 10.1. The minimum atomic E-state index is -3.36. The number of rotatable bonds is 5. The number of sulfonamides is 1. The Labute approximate surface area is 96.0 Å². The third-order valence-electron chi connectivity index (χ3n) is 2.03. The Kier molecular flexibility index (Phi) is 4.47. The second kappa shape index (κ2) is 5.64. The van der Waals surface area contributed by atoms with Crippen LogP contribution in [-0.4, -0.2) is 14.2 Å². The molecule has 0 bridgehead atoms. The molecule has 0 heterocycles. The van der Waals surface area contributed by atoms with E-state index in [-0.39, 0.29) is 5.75 Å². The largest absolute Gasteiger partial charge is 0.213 e. The summed E-state index contributed by atoms with van der Waals surface area (Å²) in [5.74, 6) is 0.0397. The Morgan fingerprint density at radius 1 is 1.38 bits per heavy atom. The van der Waals surface area contributed by atoms with Crippen molar-refractivity contribution in [3.8, 4) is 6.07 Å². The van der Waals surface area contributed by atoms with Gasteiger partial charge in [0.25, 0.3) is 0 Å². The van der Waals surface area contributed by atoms with Crippen molar-refractivity contribution in [2.45, 2.75) is 19.4 Å². The number of hydrogen-bond donors (Lipinski definition) is 1. The van der Waals surface area contributed by atoms with Gasteiger partial charge in [0.2, 0.25) is 10.0 Å². The molecule has 1 aromatic carbocycles. The maximum absolute atomic E-state index is 11.5. The summed E-state index contributed by atoms with van der Waals surface area (Å²) >= 11 is 0. The summed E-state index contributed by atoms with van der Waals surface area (Å²) in [5.41, 5.74) is 0.657. The standard InChI is InChI=1S/C11H14N2O2S/c1-2-8-16(14,15)13-11(9-12)10-6-4-3-5-7-10/h3-7,11,13H,2,8H2,1H3. The normalized spacial score (nSPS) is 13.0. The maximum Gasteiger partial charge on any atom is 0.213 e. The van der Waals surface area contributed by atoms with Crippen LogP contribution in [0.3, 0.4) is 0 Å². The van der Waals surface area contributed by atoms with Gasteiger partial charge >= 0.3 is 0 Å². The fraction of sp³-hybridized carbons (Fsp3) is 0.364. The van der Waals surface area contributed by atoms with E-state index in [4.69, 9.17) is 5.26 Å². The van der Waals surface area contributed by atoms with Crippen molar-refractivity contribution >= 4 is 10.0 Å². The zero-order valence-electron chi connectivity index (χ0n) is 9.05. The highest BCUT2D eigenvalue weighted by atomic mass is 32.2. The molecular weight excluding hydrogens is 224 g/mol. The Morgan fingerprint density at radius 2 is 2.00 bits per heavy atom. The minimum absolute atomic E-state index is 0.0397. The lowest BCUT2D eigenvalue weighted by Crippen LogP contribution is -2.29. The van der Waals surface area contributed by atoms with Gasteiger partial charge in [-0.15, -0.1) is 0 Å². The molecule has 0 aromatic heterocycles. The second-order valence-corrected chi connectivity index (χ2v) is 5.28. The van der Waals surface area contributed by atoms with Crippen LogP contribution < -0.4 is 4.72 Å². The monoisotopic (exact) mass is 238 g/mol. The van der Waals surface area contributed by atoms with Gasteiger partial charge in [-0.25, -0.2) is 8.42 Å².